The van der Waals surface area contributed by atoms with Gasteiger partial charge in [0.1, 0.15) is 0 Å². The summed E-state index contributed by atoms with van der Waals surface area (Å²) < 4.78 is 0. The molecule has 0 bridgehead atoms. The summed E-state index contributed by atoms with van der Waals surface area (Å²) in [5.41, 5.74) is -1.73. The molecule has 0 saturated heterocycles. The van der Waals surface area contributed by atoms with Crippen LogP contribution in [0.1, 0.15) is 59.3 Å². The van der Waals surface area contributed by atoms with Gasteiger partial charge in [0.15, 0.2) is 0 Å². The molecular formula is C20H32O3. The SMILES string of the molecule is C=C[C@@H]1C(=C)CC[C@H]2[C@@]1(O)CC[C@@]1(O)C(C)(C)[C@H](O)CC[C@]21C. The molecule has 3 aliphatic rings. The number of hydrogen-bond acceptors (Lipinski definition) is 3. The third-order valence-corrected chi connectivity index (χ3v) is 8.01. The third-order valence-electron chi connectivity index (χ3n) is 8.01. The second kappa shape index (κ2) is 4.93. The first-order valence-electron chi connectivity index (χ1n) is 8.97. The smallest absolute Gasteiger partial charge is 0.0782 e. The van der Waals surface area contributed by atoms with Gasteiger partial charge in [-0.3, -0.25) is 0 Å². The molecule has 3 N–H and O–H groups in total. The molecule has 0 spiro atoms. The van der Waals surface area contributed by atoms with E-state index in [0.29, 0.717) is 19.3 Å². The molecule has 0 heterocycles. The maximum Gasteiger partial charge on any atom is 0.0782 e. The Labute approximate surface area is 140 Å². The molecule has 3 aliphatic carbocycles. The lowest BCUT2D eigenvalue weighted by molar-refractivity contribution is -0.298. The highest BCUT2D eigenvalue weighted by Gasteiger charge is 2.70. The summed E-state index contributed by atoms with van der Waals surface area (Å²) in [6, 6.07) is 0. The monoisotopic (exact) mass is 320 g/mol. The Balaban J connectivity index is 2.10. The summed E-state index contributed by atoms with van der Waals surface area (Å²) in [5.74, 6) is -0.0911. The molecule has 23 heavy (non-hydrogen) atoms. The predicted molar refractivity (Wildman–Crippen MR) is 91.8 cm³/mol. The maximum absolute atomic E-state index is 11.7. The fraction of sp³-hybridized carbons (Fsp3) is 0.800. The Morgan fingerprint density at radius 2 is 1.74 bits per heavy atom. The molecule has 3 fully saturated rings. The molecule has 0 radical (unpaired) electrons. The normalized spacial score (nSPS) is 52.4. The van der Waals surface area contributed by atoms with Crippen molar-refractivity contribution in [3.8, 4) is 0 Å². The highest BCUT2D eigenvalue weighted by Crippen LogP contribution is 2.67. The van der Waals surface area contributed by atoms with Gasteiger partial charge < -0.3 is 15.3 Å². The average molecular weight is 320 g/mol. The standard InChI is InChI=1S/C20H32O3/c1-6-14-13(2)7-8-15-18(5)10-9-16(21)17(3,4)20(18,23)12-11-19(14,15)22/h6,14-16,21-23H,1-2,7-12H2,3-5H3/t14-,15-,16-,18-,19-,20-/m1/s1. The first-order chi connectivity index (χ1) is 10.5. The molecule has 0 aromatic heterocycles. The van der Waals surface area contributed by atoms with Gasteiger partial charge in [-0.2, -0.15) is 0 Å². The molecule has 0 unspecified atom stereocenters. The summed E-state index contributed by atoms with van der Waals surface area (Å²) in [7, 11) is 0. The van der Waals surface area contributed by atoms with Crippen molar-refractivity contribution < 1.29 is 15.3 Å². The molecule has 0 amide bonds. The van der Waals surface area contributed by atoms with E-state index in [1.807, 2.05) is 19.9 Å². The van der Waals surface area contributed by atoms with Crippen molar-refractivity contribution in [2.75, 3.05) is 0 Å². The minimum absolute atomic E-state index is 0.00836. The topological polar surface area (TPSA) is 60.7 Å². The summed E-state index contributed by atoms with van der Waals surface area (Å²) >= 11 is 0. The van der Waals surface area contributed by atoms with E-state index in [1.165, 1.54) is 0 Å². The predicted octanol–water partition coefficient (Wildman–Crippen LogP) is 3.20. The van der Waals surface area contributed by atoms with E-state index < -0.39 is 28.1 Å². The average Bonchev–Trinajstić information content (AvgIpc) is 2.47. The zero-order valence-corrected chi connectivity index (χ0v) is 14.8. The molecule has 3 saturated carbocycles. The van der Waals surface area contributed by atoms with E-state index in [2.05, 4.69) is 20.1 Å². The largest absolute Gasteiger partial charge is 0.392 e. The quantitative estimate of drug-likeness (QED) is 0.650. The summed E-state index contributed by atoms with van der Waals surface area (Å²) in [5, 5.41) is 33.8. The zero-order valence-electron chi connectivity index (χ0n) is 14.8. The van der Waals surface area contributed by atoms with Crippen molar-refractivity contribution in [1.29, 1.82) is 0 Å². The number of aliphatic hydroxyl groups excluding tert-OH is 1. The Morgan fingerprint density at radius 1 is 1.09 bits per heavy atom. The minimum Gasteiger partial charge on any atom is -0.392 e. The minimum atomic E-state index is -0.959. The number of rotatable bonds is 1. The lowest BCUT2D eigenvalue weighted by atomic mass is 9.39. The molecular weight excluding hydrogens is 288 g/mol. The van der Waals surface area contributed by atoms with Crippen LogP contribution in [0.2, 0.25) is 0 Å². The molecule has 6 atom stereocenters. The van der Waals surface area contributed by atoms with Crippen molar-refractivity contribution in [2.45, 2.75) is 76.6 Å². The summed E-state index contributed by atoms with van der Waals surface area (Å²) in [4.78, 5) is 0. The highest BCUT2D eigenvalue weighted by atomic mass is 16.3. The van der Waals surface area contributed by atoms with Gasteiger partial charge in [0.25, 0.3) is 0 Å². The van der Waals surface area contributed by atoms with Crippen LogP contribution in [0.25, 0.3) is 0 Å². The van der Waals surface area contributed by atoms with Gasteiger partial charge in [-0.05, 0) is 44.4 Å². The lowest BCUT2D eigenvalue weighted by Crippen LogP contribution is -2.73. The van der Waals surface area contributed by atoms with Crippen LogP contribution in [0.3, 0.4) is 0 Å². The molecule has 130 valence electrons. The molecule has 3 rings (SSSR count). The second-order valence-corrected chi connectivity index (χ2v) is 9.01. The first-order valence-corrected chi connectivity index (χ1v) is 8.97. The van der Waals surface area contributed by atoms with Crippen molar-refractivity contribution in [3.63, 3.8) is 0 Å². The number of hydrogen-bond donors (Lipinski definition) is 3. The van der Waals surface area contributed by atoms with Crippen LogP contribution < -0.4 is 0 Å². The highest BCUT2D eigenvalue weighted by molar-refractivity contribution is 5.28. The van der Waals surface area contributed by atoms with E-state index in [1.54, 1.807) is 0 Å². The molecule has 0 aromatic carbocycles. The molecule has 0 aromatic rings. The van der Waals surface area contributed by atoms with Crippen LogP contribution in [0, 0.1) is 22.7 Å². The summed E-state index contributed by atoms with van der Waals surface area (Å²) in [6.45, 7) is 14.2. The fourth-order valence-corrected chi connectivity index (χ4v) is 6.34. The second-order valence-electron chi connectivity index (χ2n) is 9.01. The molecule has 3 nitrogen and oxygen atoms in total. The van der Waals surface area contributed by atoms with Crippen molar-refractivity contribution in [2.24, 2.45) is 22.7 Å². The number of aliphatic hydroxyl groups is 3. The maximum atomic E-state index is 11.7. The van der Waals surface area contributed by atoms with E-state index in [-0.39, 0.29) is 11.8 Å². The van der Waals surface area contributed by atoms with Crippen molar-refractivity contribution >= 4 is 0 Å². The number of fused-ring (bicyclic) bond motifs is 3. The van der Waals surface area contributed by atoms with Gasteiger partial charge in [-0.25, -0.2) is 0 Å². The Kier molecular flexibility index (Phi) is 3.69. The van der Waals surface area contributed by atoms with E-state index in [9.17, 15) is 15.3 Å². The van der Waals surface area contributed by atoms with Crippen LogP contribution in [-0.2, 0) is 0 Å². The van der Waals surface area contributed by atoms with Crippen LogP contribution in [0.5, 0.6) is 0 Å². The Bertz CT molecular complexity index is 539. The van der Waals surface area contributed by atoms with E-state index >= 15 is 0 Å². The van der Waals surface area contributed by atoms with Gasteiger partial charge >= 0.3 is 0 Å². The van der Waals surface area contributed by atoms with E-state index in [4.69, 9.17) is 0 Å². The third kappa shape index (κ3) is 1.87. The lowest BCUT2D eigenvalue weighted by Gasteiger charge is -2.69. The molecule has 0 aliphatic heterocycles. The Morgan fingerprint density at radius 3 is 2.35 bits per heavy atom. The van der Waals surface area contributed by atoms with Crippen molar-refractivity contribution in [1.82, 2.24) is 0 Å². The van der Waals surface area contributed by atoms with Crippen LogP contribution in [0.4, 0.5) is 0 Å². The van der Waals surface area contributed by atoms with Gasteiger partial charge in [-0.1, -0.05) is 39.0 Å². The van der Waals surface area contributed by atoms with Crippen LogP contribution in [0.15, 0.2) is 24.8 Å². The first kappa shape index (κ1) is 17.2. The van der Waals surface area contributed by atoms with Gasteiger partial charge in [0.2, 0.25) is 0 Å². The van der Waals surface area contributed by atoms with Gasteiger partial charge in [-0.15, -0.1) is 6.58 Å². The fourth-order valence-electron chi connectivity index (χ4n) is 6.34. The van der Waals surface area contributed by atoms with Crippen molar-refractivity contribution in [3.05, 3.63) is 24.8 Å². The van der Waals surface area contributed by atoms with Gasteiger partial charge in [0, 0.05) is 16.7 Å². The molecule has 3 heteroatoms. The zero-order chi connectivity index (χ0) is 17.3. The van der Waals surface area contributed by atoms with Crippen LogP contribution >= 0.6 is 0 Å². The van der Waals surface area contributed by atoms with Gasteiger partial charge in [0.05, 0.1) is 17.3 Å². The van der Waals surface area contributed by atoms with Crippen LogP contribution in [-0.4, -0.2) is 32.6 Å². The Hall–Kier alpha value is -0.640. The van der Waals surface area contributed by atoms with E-state index in [0.717, 1.165) is 24.8 Å². The summed E-state index contributed by atoms with van der Waals surface area (Å²) in [6.07, 6.45) is 5.54.